The Kier molecular flexibility index (Phi) is 3.60. The molecule has 0 aliphatic rings. The molecule has 0 N–H and O–H groups in total. The van der Waals surface area contributed by atoms with Crippen LogP contribution in [-0.2, 0) is 6.54 Å². The molecule has 3 rings (SSSR count). The zero-order chi connectivity index (χ0) is 15.7. The van der Waals surface area contributed by atoms with Crippen LogP contribution < -0.4 is 0 Å². The molecule has 5 nitrogen and oxygen atoms in total. The Morgan fingerprint density at radius 1 is 1.32 bits per heavy atom. The highest BCUT2D eigenvalue weighted by atomic mass is 15.1. The SMILES string of the molecule is CCn1c(-c2cncnc2C(C)C)nc2ccc(C#N)cc21. The van der Waals surface area contributed by atoms with Gasteiger partial charge in [0.15, 0.2) is 0 Å². The summed E-state index contributed by atoms with van der Waals surface area (Å²) in [5.74, 6) is 1.15. The molecule has 0 aliphatic heterocycles. The van der Waals surface area contributed by atoms with Gasteiger partial charge in [0.05, 0.1) is 33.9 Å². The fraction of sp³-hybridized carbons (Fsp3) is 0.294. The van der Waals surface area contributed by atoms with Crippen molar-refractivity contribution in [3.05, 3.63) is 42.0 Å². The predicted molar refractivity (Wildman–Crippen MR) is 85.2 cm³/mol. The summed E-state index contributed by atoms with van der Waals surface area (Å²) in [7, 11) is 0. The molecule has 2 aromatic heterocycles. The molecule has 1 aromatic carbocycles. The van der Waals surface area contributed by atoms with Crippen molar-refractivity contribution in [3.8, 4) is 17.5 Å². The minimum Gasteiger partial charge on any atom is -0.324 e. The molecule has 3 aromatic rings. The van der Waals surface area contributed by atoms with Crippen LogP contribution in [0.1, 0.15) is 37.9 Å². The Balaban J connectivity index is 2.30. The van der Waals surface area contributed by atoms with E-state index in [4.69, 9.17) is 10.2 Å². The quantitative estimate of drug-likeness (QED) is 0.740. The summed E-state index contributed by atoms with van der Waals surface area (Å²) in [4.78, 5) is 13.3. The highest BCUT2D eigenvalue weighted by Crippen LogP contribution is 2.29. The zero-order valence-corrected chi connectivity index (χ0v) is 12.9. The van der Waals surface area contributed by atoms with Gasteiger partial charge in [0.25, 0.3) is 0 Å². The van der Waals surface area contributed by atoms with Gasteiger partial charge in [0.1, 0.15) is 12.2 Å². The summed E-state index contributed by atoms with van der Waals surface area (Å²) >= 11 is 0. The second-order valence-electron chi connectivity index (χ2n) is 5.47. The van der Waals surface area contributed by atoms with Crippen molar-refractivity contribution in [3.63, 3.8) is 0 Å². The summed E-state index contributed by atoms with van der Waals surface area (Å²) in [5, 5.41) is 9.10. The summed E-state index contributed by atoms with van der Waals surface area (Å²) in [5.41, 5.74) is 4.43. The van der Waals surface area contributed by atoms with E-state index in [1.165, 1.54) is 0 Å². The van der Waals surface area contributed by atoms with E-state index in [0.29, 0.717) is 5.56 Å². The van der Waals surface area contributed by atoms with E-state index in [1.54, 1.807) is 12.4 Å². The van der Waals surface area contributed by atoms with Gasteiger partial charge in [0, 0.05) is 12.7 Å². The molecular weight excluding hydrogens is 274 g/mol. The van der Waals surface area contributed by atoms with E-state index in [-0.39, 0.29) is 5.92 Å². The van der Waals surface area contributed by atoms with E-state index < -0.39 is 0 Å². The molecule has 0 atom stereocenters. The average molecular weight is 291 g/mol. The Morgan fingerprint density at radius 2 is 2.14 bits per heavy atom. The molecule has 0 fully saturated rings. The lowest BCUT2D eigenvalue weighted by Crippen LogP contribution is -2.03. The minimum absolute atomic E-state index is 0.290. The molecule has 0 bridgehead atoms. The molecule has 0 saturated heterocycles. The van der Waals surface area contributed by atoms with Crippen molar-refractivity contribution in [1.82, 2.24) is 19.5 Å². The average Bonchev–Trinajstić information content (AvgIpc) is 2.92. The summed E-state index contributed by atoms with van der Waals surface area (Å²) in [6.45, 7) is 7.06. The van der Waals surface area contributed by atoms with Crippen molar-refractivity contribution < 1.29 is 0 Å². The van der Waals surface area contributed by atoms with Crippen molar-refractivity contribution in [2.45, 2.75) is 33.2 Å². The number of fused-ring (bicyclic) bond motifs is 1. The molecule has 110 valence electrons. The van der Waals surface area contributed by atoms with Gasteiger partial charge in [-0.05, 0) is 31.0 Å². The standard InChI is InChI=1S/C17H17N5/c1-4-22-15-7-12(8-18)5-6-14(15)21-17(22)13-9-19-10-20-16(13)11(2)3/h5-7,9-11H,4H2,1-3H3. The van der Waals surface area contributed by atoms with Crippen LogP contribution in [0, 0.1) is 11.3 Å². The van der Waals surface area contributed by atoms with Gasteiger partial charge in [0.2, 0.25) is 0 Å². The highest BCUT2D eigenvalue weighted by molar-refractivity contribution is 5.82. The summed E-state index contributed by atoms with van der Waals surface area (Å²) in [6, 6.07) is 7.75. The zero-order valence-electron chi connectivity index (χ0n) is 12.9. The molecule has 0 unspecified atom stereocenters. The van der Waals surface area contributed by atoms with Crippen LogP contribution in [0.4, 0.5) is 0 Å². The third kappa shape index (κ3) is 2.23. The molecule has 0 amide bonds. The first-order valence-electron chi connectivity index (χ1n) is 7.36. The van der Waals surface area contributed by atoms with Crippen LogP contribution >= 0.6 is 0 Å². The third-order valence-corrected chi connectivity index (χ3v) is 3.72. The van der Waals surface area contributed by atoms with Crippen LogP contribution in [-0.4, -0.2) is 19.5 Å². The lowest BCUT2D eigenvalue weighted by Gasteiger charge is -2.11. The Morgan fingerprint density at radius 3 is 2.82 bits per heavy atom. The van der Waals surface area contributed by atoms with Crippen LogP contribution in [0.25, 0.3) is 22.4 Å². The number of hydrogen-bond donors (Lipinski definition) is 0. The summed E-state index contributed by atoms with van der Waals surface area (Å²) in [6.07, 6.45) is 3.40. The molecule has 0 aliphatic carbocycles. The normalized spacial score (nSPS) is 11.0. The van der Waals surface area contributed by atoms with Crippen LogP contribution in [0.2, 0.25) is 0 Å². The lowest BCUT2D eigenvalue weighted by atomic mass is 10.0. The minimum atomic E-state index is 0.290. The van der Waals surface area contributed by atoms with Crippen LogP contribution in [0.15, 0.2) is 30.7 Å². The van der Waals surface area contributed by atoms with E-state index >= 15 is 0 Å². The maximum absolute atomic E-state index is 9.10. The Bertz CT molecular complexity index is 870. The van der Waals surface area contributed by atoms with Crippen molar-refractivity contribution >= 4 is 11.0 Å². The molecular formula is C17H17N5. The number of aromatic nitrogens is 4. The van der Waals surface area contributed by atoms with Gasteiger partial charge in [-0.25, -0.2) is 15.0 Å². The Labute approximate surface area is 129 Å². The number of aryl methyl sites for hydroxylation is 1. The maximum atomic E-state index is 9.10. The first-order valence-corrected chi connectivity index (χ1v) is 7.36. The van der Waals surface area contributed by atoms with E-state index in [2.05, 4.69) is 41.4 Å². The second kappa shape index (κ2) is 5.57. The second-order valence-corrected chi connectivity index (χ2v) is 5.47. The van der Waals surface area contributed by atoms with Gasteiger partial charge < -0.3 is 4.57 Å². The Hall–Kier alpha value is -2.74. The monoisotopic (exact) mass is 291 g/mol. The number of benzene rings is 1. The van der Waals surface area contributed by atoms with Crippen molar-refractivity contribution in [1.29, 1.82) is 5.26 Å². The lowest BCUT2D eigenvalue weighted by molar-refractivity contribution is 0.778. The predicted octanol–water partition coefficient (Wildman–Crippen LogP) is 3.51. The molecule has 5 heteroatoms. The number of rotatable bonds is 3. The van der Waals surface area contributed by atoms with Gasteiger partial charge in [-0.3, -0.25) is 0 Å². The van der Waals surface area contributed by atoms with Crippen molar-refractivity contribution in [2.75, 3.05) is 0 Å². The first-order chi connectivity index (χ1) is 10.7. The third-order valence-electron chi connectivity index (χ3n) is 3.72. The fourth-order valence-corrected chi connectivity index (χ4v) is 2.69. The molecule has 22 heavy (non-hydrogen) atoms. The van der Waals surface area contributed by atoms with Gasteiger partial charge in [-0.1, -0.05) is 13.8 Å². The first kappa shape index (κ1) is 14.2. The van der Waals surface area contributed by atoms with E-state index in [9.17, 15) is 0 Å². The smallest absolute Gasteiger partial charge is 0.144 e. The molecule has 0 radical (unpaired) electrons. The molecule has 0 saturated carbocycles. The van der Waals surface area contributed by atoms with E-state index in [1.807, 2.05) is 18.3 Å². The van der Waals surface area contributed by atoms with Crippen LogP contribution in [0.5, 0.6) is 0 Å². The number of nitrogens with zero attached hydrogens (tertiary/aromatic N) is 5. The largest absolute Gasteiger partial charge is 0.324 e. The maximum Gasteiger partial charge on any atom is 0.144 e. The topological polar surface area (TPSA) is 67.4 Å². The number of nitriles is 1. The van der Waals surface area contributed by atoms with Crippen molar-refractivity contribution in [2.24, 2.45) is 0 Å². The van der Waals surface area contributed by atoms with E-state index in [0.717, 1.165) is 34.7 Å². The van der Waals surface area contributed by atoms with Gasteiger partial charge in [-0.15, -0.1) is 0 Å². The number of hydrogen-bond acceptors (Lipinski definition) is 4. The van der Waals surface area contributed by atoms with Crippen LogP contribution in [0.3, 0.4) is 0 Å². The van der Waals surface area contributed by atoms with Gasteiger partial charge in [-0.2, -0.15) is 5.26 Å². The fourth-order valence-electron chi connectivity index (χ4n) is 2.69. The highest BCUT2D eigenvalue weighted by Gasteiger charge is 2.17. The van der Waals surface area contributed by atoms with Gasteiger partial charge >= 0.3 is 0 Å². The molecule has 0 spiro atoms. The molecule has 2 heterocycles. The summed E-state index contributed by atoms with van der Waals surface area (Å²) < 4.78 is 2.11. The number of imidazole rings is 1.